The minimum Gasteiger partial charge on any atom is -0.379 e. The van der Waals surface area contributed by atoms with E-state index in [1.165, 1.54) is 0 Å². The van der Waals surface area contributed by atoms with Gasteiger partial charge in [-0.3, -0.25) is 4.98 Å². The fraction of sp³-hybridized carbons (Fsp3) is 0.538. The Labute approximate surface area is 107 Å². The molecule has 5 heteroatoms. The molecule has 1 saturated heterocycles. The molecule has 18 heavy (non-hydrogen) atoms. The Morgan fingerprint density at radius 1 is 1.61 bits per heavy atom. The van der Waals surface area contributed by atoms with E-state index in [-0.39, 0.29) is 12.1 Å². The van der Waals surface area contributed by atoms with Crippen LogP contribution in [0.2, 0.25) is 0 Å². The molecule has 1 aromatic heterocycles. The molecule has 1 aliphatic heterocycles. The van der Waals surface area contributed by atoms with Crippen molar-refractivity contribution in [1.82, 2.24) is 15.2 Å². The van der Waals surface area contributed by atoms with Gasteiger partial charge in [0.25, 0.3) is 0 Å². The number of nitrogens with zero attached hydrogens (tertiary/aromatic N) is 2. The van der Waals surface area contributed by atoms with E-state index in [4.69, 9.17) is 4.74 Å². The number of rotatable bonds is 4. The smallest absolute Gasteiger partial charge is 0.317 e. The Balaban J connectivity index is 1.73. The molecule has 98 valence electrons. The van der Waals surface area contributed by atoms with Gasteiger partial charge in [-0.05, 0) is 18.6 Å². The number of pyridine rings is 1. The van der Waals surface area contributed by atoms with Gasteiger partial charge in [0, 0.05) is 38.5 Å². The average molecular weight is 249 g/mol. The molecular formula is C13H19N3O2. The molecule has 0 bridgehead atoms. The first kappa shape index (κ1) is 12.8. The SMILES string of the molecule is CN(CCc1ccccn1)C(=O)NC1CCOC1. The number of urea groups is 1. The van der Waals surface area contributed by atoms with Gasteiger partial charge in [0.15, 0.2) is 0 Å². The lowest BCUT2D eigenvalue weighted by Crippen LogP contribution is -2.44. The largest absolute Gasteiger partial charge is 0.379 e. The fourth-order valence-electron chi connectivity index (χ4n) is 1.86. The molecule has 0 aliphatic carbocycles. The van der Waals surface area contributed by atoms with Crippen molar-refractivity contribution >= 4 is 6.03 Å². The fourth-order valence-corrected chi connectivity index (χ4v) is 1.86. The monoisotopic (exact) mass is 249 g/mol. The number of nitrogens with one attached hydrogen (secondary N) is 1. The van der Waals surface area contributed by atoms with Crippen LogP contribution in [0.3, 0.4) is 0 Å². The van der Waals surface area contributed by atoms with Gasteiger partial charge in [-0.2, -0.15) is 0 Å². The Bertz CT molecular complexity index is 377. The van der Waals surface area contributed by atoms with Crippen LogP contribution in [0, 0.1) is 0 Å². The van der Waals surface area contributed by atoms with Gasteiger partial charge in [0.05, 0.1) is 12.6 Å². The highest BCUT2D eigenvalue weighted by Crippen LogP contribution is 2.04. The standard InChI is InChI=1S/C13H19N3O2/c1-16(8-5-11-4-2-3-7-14-11)13(17)15-12-6-9-18-10-12/h2-4,7,12H,5-6,8-10H2,1H3,(H,15,17). The molecule has 1 atom stereocenters. The van der Waals surface area contributed by atoms with Gasteiger partial charge in [0.1, 0.15) is 0 Å². The summed E-state index contributed by atoms with van der Waals surface area (Å²) < 4.78 is 5.22. The van der Waals surface area contributed by atoms with Crippen molar-refractivity contribution in [2.45, 2.75) is 18.9 Å². The van der Waals surface area contributed by atoms with Crippen LogP contribution in [0.25, 0.3) is 0 Å². The quantitative estimate of drug-likeness (QED) is 0.868. The van der Waals surface area contributed by atoms with E-state index in [2.05, 4.69) is 10.3 Å². The minimum atomic E-state index is -0.0403. The van der Waals surface area contributed by atoms with Crippen molar-refractivity contribution in [3.05, 3.63) is 30.1 Å². The van der Waals surface area contributed by atoms with Crippen LogP contribution < -0.4 is 5.32 Å². The van der Waals surface area contributed by atoms with E-state index >= 15 is 0 Å². The molecule has 1 aromatic rings. The van der Waals surface area contributed by atoms with Gasteiger partial charge in [0.2, 0.25) is 0 Å². The Kier molecular flexibility index (Phi) is 4.52. The van der Waals surface area contributed by atoms with Crippen molar-refractivity contribution in [2.24, 2.45) is 0 Å². The van der Waals surface area contributed by atoms with Crippen LogP contribution in [0.5, 0.6) is 0 Å². The predicted molar refractivity (Wildman–Crippen MR) is 68.3 cm³/mol. The third kappa shape index (κ3) is 3.70. The van der Waals surface area contributed by atoms with Crippen LogP contribution in [-0.4, -0.2) is 48.8 Å². The topological polar surface area (TPSA) is 54.5 Å². The summed E-state index contributed by atoms with van der Waals surface area (Å²) >= 11 is 0. The van der Waals surface area contributed by atoms with E-state index in [9.17, 15) is 4.79 Å². The van der Waals surface area contributed by atoms with Crippen molar-refractivity contribution < 1.29 is 9.53 Å². The summed E-state index contributed by atoms with van der Waals surface area (Å²) in [5.41, 5.74) is 1.00. The summed E-state index contributed by atoms with van der Waals surface area (Å²) in [5.74, 6) is 0. The molecule has 5 nitrogen and oxygen atoms in total. The van der Waals surface area contributed by atoms with E-state index in [0.717, 1.165) is 25.1 Å². The van der Waals surface area contributed by atoms with Crippen LogP contribution in [0.1, 0.15) is 12.1 Å². The number of aromatic nitrogens is 1. The Morgan fingerprint density at radius 2 is 2.50 bits per heavy atom. The van der Waals surface area contributed by atoms with Crippen LogP contribution in [-0.2, 0) is 11.2 Å². The van der Waals surface area contributed by atoms with Gasteiger partial charge < -0.3 is 15.0 Å². The van der Waals surface area contributed by atoms with Gasteiger partial charge in [-0.25, -0.2) is 4.79 Å². The highest BCUT2D eigenvalue weighted by molar-refractivity contribution is 5.74. The van der Waals surface area contributed by atoms with Gasteiger partial charge in [-0.1, -0.05) is 6.07 Å². The molecule has 2 heterocycles. The highest BCUT2D eigenvalue weighted by Gasteiger charge is 2.19. The molecular weight excluding hydrogens is 230 g/mol. The second-order valence-corrected chi connectivity index (χ2v) is 4.50. The molecule has 0 saturated carbocycles. The first-order valence-corrected chi connectivity index (χ1v) is 6.25. The summed E-state index contributed by atoms with van der Waals surface area (Å²) in [4.78, 5) is 17.8. The number of likely N-dealkylation sites (N-methyl/N-ethyl adjacent to an activating group) is 1. The molecule has 2 rings (SSSR count). The average Bonchev–Trinajstić information content (AvgIpc) is 2.90. The number of amides is 2. The second-order valence-electron chi connectivity index (χ2n) is 4.50. The Morgan fingerprint density at radius 3 is 3.17 bits per heavy atom. The highest BCUT2D eigenvalue weighted by atomic mass is 16.5. The molecule has 1 aliphatic rings. The predicted octanol–water partition coefficient (Wildman–Crippen LogP) is 1.05. The van der Waals surface area contributed by atoms with Gasteiger partial charge >= 0.3 is 6.03 Å². The Hall–Kier alpha value is -1.62. The maximum Gasteiger partial charge on any atom is 0.317 e. The summed E-state index contributed by atoms with van der Waals surface area (Å²) in [6, 6.07) is 5.94. The van der Waals surface area contributed by atoms with Crippen LogP contribution in [0.4, 0.5) is 4.79 Å². The number of hydrogen-bond acceptors (Lipinski definition) is 3. The first-order valence-electron chi connectivity index (χ1n) is 6.25. The maximum atomic E-state index is 11.9. The van der Waals surface area contributed by atoms with Crippen molar-refractivity contribution in [2.75, 3.05) is 26.8 Å². The first-order chi connectivity index (χ1) is 8.75. The number of hydrogen-bond donors (Lipinski definition) is 1. The van der Waals surface area contributed by atoms with E-state index < -0.39 is 0 Å². The van der Waals surface area contributed by atoms with E-state index in [1.54, 1.807) is 18.1 Å². The maximum absolute atomic E-state index is 11.9. The summed E-state index contributed by atoms with van der Waals surface area (Å²) in [5, 5.41) is 2.96. The van der Waals surface area contributed by atoms with Gasteiger partial charge in [-0.15, -0.1) is 0 Å². The minimum absolute atomic E-state index is 0.0403. The third-order valence-corrected chi connectivity index (χ3v) is 3.03. The van der Waals surface area contributed by atoms with E-state index in [1.807, 2.05) is 18.2 Å². The zero-order chi connectivity index (χ0) is 12.8. The van der Waals surface area contributed by atoms with Crippen LogP contribution >= 0.6 is 0 Å². The molecule has 1 unspecified atom stereocenters. The molecule has 0 radical (unpaired) electrons. The lowest BCUT2D eigenvalue weighted by atomic mass is 10.2. The van der Waals surface area contributed by atoms with E-state index in [0.29, 0.717) is 13.2 Å². The van der Waals surface area contributed by atoms with Crippen molar-refractivity contribution in [3.63, 3.8) is 0 Å². The molecule has 0 spiro atoms. The summed E-state index contributed by atoms with van der Waals surface area (Å²) in [7, 11) is 1.80. The van der Waals surface area contributed by atoms with Crippen LogP contribution in [0.15, 0.2) is 24.4 Å². The lowest BCUT2D eigenvalue weighted by Gasteiger charge is -2.20. The second kappa shape index (κ2) is 6.35. The number of carbonyl (C=O) groups excluding carboxylic acids is 1. The normalized spacial score (nSPS) is 18.6. The summed E-state index contributed by atoms with van der Waals surface area (Å²) in [6.45, 7) is 2.03. The third-order valence-electron chi connectivity index (χ3n) is 3.03. The molecule has 1 fully saturated rings. The molecule has 0 aromatic carbocycles. The zero-order valence-electron chi connectivity index (χ0n) is 10.6. The molecule has 2 amide bonds. The van der Waals surface area contributed by atoms with Crippen molar-refractivity contribution in [1.29, 1.82) is 0 Å². The number of ether oxygens (including phenoxy) is 1. The summed E-state index contributed by atoms with van der Waals surface area (Å²) in [6.07, 6.45) is 3.44. The van der Waals surface area contributed by atoms with Crippen molar-refractivity contribution in [3.8, 4) is 0 Å². The number of carbonyl (C=O) groups is 1. The zero-order valence-corrected chi connectivity index (χ0v) is 10.6. The molecule has 1 N–H and O–H groups in total. The lowest BCUT2D eigenvalue weighted by molar-refractivity contribution is 0.182.